The minimum Gasteiger partial charge on any atom is -0.360 e. The van der Waals surface area contributed by atoms with Crippen molar-refractivity contribution in [1.82, 2.24) is 9.97 Å². The minimum atomic E-state index is -0.453. The Kier molecular flexibility index (Phi) is 5.83. The zero-order valence-corrected chi connectivity index (χ0v) is 15.4. The van der Waals surface area contributed by atoms with Crippen molar-refractivity contribution in [2.45, 2.75) is 13.5 Å². The normalized spacial score (nSPS) is 10.4. The van der Waals surface area contributed by atoms with Crippen molar-refractivity contribution in [2.75, 3.05) is 16.8 Å². The van der Waals surface area contributed by atoms with E-state index in [1.165, 1.54) is 6.33 Å². The molecule has 0 saturated heterocycles. The molecule has 0 aliphatic rings. The number of benzene rings is 2. The number of aromatic nitrogens is 2. The largest absolute Gasteiger partial charge is 0.360 e. The molecule has 1 N–H and O–H groups in total. The number of anilines is 3. The summed E-state index contributed by atoms with van der Waals surface area (Å²) in [5, 5.41) is 15.5. The van der Waals surface area contributed by atoms with Crippen molar-refractivity contribution < 1.29 is 4.92 Å². The Morgan fingerprint density at radius 1 is 1.11 bits per heavy atom. The summed E-state index contributed by atoms with van der Waals surface area (Å²) in [6.07, 6.45) is 1.33. The van der Waals surface area contributed by atoms with Crippen LogP contribution in [0, 0.1) is 10.1 Å². The van der Waals surface area contributed by atoms with Gasteiger partial charge in [0, 0.05) is 23.8 Å². The van der Waals surface area contributed by atoms with Crippen LogP contribution < -0.4 is 10.2 Å². The Labute approximate surface area is 161 Å². The van der Waals surface area contributed by atoms with Gasteiger partial charge in [-0.2, -0.15) is 0 Å². The van der Waals surface area contributed by atoms with Crippen molar-refractivity contribution in [2.24, 2.45) is 0 Å². The van der Waals surface area contributed by atoms with Gasteiger partial charge in [-0.3, -0.25) is 10.1 Å². The third-order valence-electron chi connectivity index (χ3n) is 4.00. The summed E-state index contributed by atoms with van der Waals surface area (Å²) in [4.78, 5) is 21.4. The number of hydrogen-bond donors (Lipinski definition) is 1. The number of para-hydroxylation sites is 1. The highest BCUT2D eigenvalue weighted by Gasteiger charge is 2.27. The highest BCUT2D eigenvalue weighted by atomic mass is 35.5. The third kappa shape index (κ3) is 4.32. The van der Waals surface area contributed by atoms with Gasteiger partial charge in [0.15, 0.2) is 0 Å². The number of halogens is 1. The van der Waals surface area contributed by atoms with Crippen LogP contribution in [-0.2, 0) is 6.54 Å². The van der Waals surface area contributed by atoms with E-state index in [1.807, 2.05) is 49.4 Å². The molecule has 0 unspecified atom stereocenters. The maximum absolute atomic E-state index is 11.8. The fourth-order valence-corrected chi connectivity index (χ4v) is 2.84. The molecule has 8 heteroatoms. The van der Waals surface area contributed by atoms with E-state index in [-0.39, 0.29) is 17.3 Å². The predicted molar refractivity (Wildman–Crippen MR) is 107 cm³/mol. The molecule has 3 aromatic rings. The van der Waals surface area contributed by atoms with Crippen LogP contribution in [0.3, 0.4) is 0 Å². The molecular formula is C19H18ClN5O2. The lowest BCUT2D eigenvalue weighted by atomic mass is 10.2. The van der Waals surface area contributed by atoms with Gasteiger partial charge in [-0.15, -0.1) is 0 Å². The summed E-state index contributed by atoms with van der Waals surface area (Å²) in [6.45, 7) is 2.82. The molecule has 1 heterocycles. The number of rotatable bonds is 7. The van der Waals surface area contributed by atoms with E-state index in [0.29, 0.717) is 18.1 Å². The summed E-state index contributed by atoms with van der Waals surface area (Å²) in [5.41, 5.74) is 1.60. The summed E-state index contributed by atoms with van der Waals surface area (Å²) in [5.74, 6) is 0.427. The highest BCUT2D eigenvalue weighted by molar-refractivity contribution is 6.30. The van der Waals surface area contributed by atoms with Crippen LogP contribution >= 0.6 is 11.6 Å². The molecule has 27 heavy (non-hydrogen) atoms. The number of nitrogens with one attached hydrogen (secondary N) is 1. The smallest absolute Gasteiger partial charge is 0.353 e. The second kappa shape index (κ2) is 8.46. The van der Waals surface area contributed by atoms with Crippen LogP contribution in [-0.4, -0.2) is 21.4 Å². The number of nitro groups is 1. The summed E-state index contributed by atoms with van der Waals surface area (Å²) in [7, 11) is 0. The van der Waals surface area contributed by atoms with Crippen LogP contribution in [0.5, 0.6) is 0 Å². The van der Waals surface area contributed by atoms with Gasteiger partial charge in [0.25, 0.3) is 0 Å². The van der Waals surface area contributed by atoms with Crippen molar-refractivity contribution >= 4 is 34.6 Å². The minimum absolute atomic E-state index is 0.155. The van der Waals surface area contributed by atoms with E-state index < -0.39 is 4.92 Å². The Morgan fingerprint density at radius 2 is 1.81 bits per heavy atom. The van der Waals surface area contributed by atoms with Gasteiger partial charge >= 0.3 is 5.69 Å². The molecule has 3 rings (SSSR count). The lowest BCUT2D eigenvalue weighted by molar-refractivity contribution is -0.383. The van der Waals surface area contributed by atoms with Crippen LogP contribution in [0.2, 0.25) is 5.02 Å². The summed E-state index contributed by atoms with van der Waals surface area (Å²) in [6, 6.07) is 16.7. The summed E-state index contributed by atoms with van der Waals surface area (Å²) < 4.78 is 0. The van der Waals surface area contributed by atoms with Crippen LogP contribution in [0.4, 0.5) is 23.0 Å². The highest BCUT2D eigenvalue weighted by Crippen LogP contribution is 2.35. The molecule has 7 nitrogen and oxygen atoms in total. The fraction of sp³-hybridized carbons (Fsp3) is 0.158. The lowest BCUT2D eigenvalue weighted by Crippen LogP contribution is -2.20. The maximum atomic E-state index is 11.8. The Morgan fingerprint density at radius 3 is 2.44 bits per heavy atom. The van der Waals surface area contributed by atoms with E-state index >= 15 is 0 Å². The summed E-state index contributed by atoms with van der Waals surface area (Å²) >= 11 is 5.89. The average molecular weight is 384 g/mol. The molecule has 0 spiro atoms. The van der Waals surface area contributed by atoms with E-state index in [0.717, 1.165) is 11.3 Å². The standard InChI is InChI=1S/C19H18ClN5O2/c1-2-24(16-6-4-3-5-7-16)19-17(25(26)27)18(22-13-23-19)21-12-14-8-10-15(20)11-9-14/h3-11,13H,2,12H2,1H3,(H,21,22,23). The molecule has 0 fully saturated rings. The first kappa shape index (κ1) is 18.6. The molecule has 0 atom stereocenters. The van der Waals surface area contributed by atoms with Gasteiger partial charge in [0.2, 0.25) is 11.6 Å². The number of hydrogen-bond acceptors (Lipinski definition) is 6. The molecule has 0 saturated carbocycles. The van der Waals surface area contributed by atoms with Gasteiger partial charge in [-0.05, 0) is 36.8 Å². The van der Waals surface area contributed by atoms with E-state index in [9.17, 15) is 10.1 Å². The first-order valence-electron chi connectivity index (χ1n) is 8.40. The Bertz CT molecular complexity index is 919. The number of nitrogens with zero attached hydrogens (tertiary/aromatic N) is 4. The van der Waals surface area contributed by atoms with Crippen molar-refractivity contribution in [3.8, 4) is 0 Å². The van der Waals surface area contributed by atoms with Crippen LogP contribution in [0.15, 0.2) is 60.9 Å². The molecular weight excluding hydrogens is 366 g/mol. The molecule has 0 aliphatic carbocycles. The van der Waals surface area contributed by atoms with Gasteiger partial charge < -0.3 is 10.2 Å². The molecule has 0 radical (unpaired) electrons. The quantitative estimate of drug-likeness (QED) is 0.465. The second-order valence-corrected chi connectivity index (χ2v) is 6.15. The molecule has 2 aromatic carbocycles. The van der Waals surface area contributed by atoms with Gasteiger partial charge in [-0.1, -0.05) is 41.9 Å². The average Bonchev–Trinajstić information content (AvgIpc) is 2.69. The van der Waals surface area contributed by atoms with Crippen molar-refractivity contribution in [3.05, 3.63) is 81.6 Å². The maximum Gasteiger partial charge on any atom is 0.353 e. The van der Waals surface area contributed by atoms with E-state index in [1.54, 1.807) is 17.0 Å². The van der Waals surface area contributed by atoms with Gasteiger partial charge in [-0.25, -0.2) is 9.97 Å². The monoisotopic (exact) mass is 383 g/mol. The second-order valence-electron chi connectivity index (χ2n) is 5.71. The first-order valence-corrected chi connectivity index (χ1v) is 8.78. The fourth-order valence-electron chi connectivity index (χ4n) is 2.72. The SMILES string of the molecule is CCN(c1ccccc1)c1ncnc(NCc2ccc(Cl)cc2)c1[N+](=O)[O-]. The molecule has 138 valence electrons. The third-order valence-corrected chi connectivity index (χ3v) is 4.25. The molecule has 1 aromatic heterocycles. The van der Waals surface area contributed by atoms with Gasteiger partial charge in [0.1, 0.15) is 6.33 Å². The zero-order chi connectivity index (χ0) is 19.2. The van der Waals surface area contributed by atoms with Crippen LogP contribution in [0.25, 0.3) is 0 Å². The van der Waals surface area contributed by atoms with Gasteiger partial charge in [0.05, 0.1) is 4.92 Å². The molecule has 0 bridgehead atoms. The predicted octanol–water partition coefficient (Wildman–Crippen LogP) is 4.81. The molecule has 0 aliphatic heterocycles. The lowest BCUT2D eigenvalue weighted by Gasteiger charge is -2.22. The van der Waals surface area contributed by atoms with E-state index in [2.05, 4.69) is 15.3 Å². The zero-order valence-electron chi connectivity index (χ0n) is 14.7. The first-order chi connectivity index (χ1) is 13.1. The Hall–Kier alpha value is -3.19. The van der Waals surface area contributed by atoms with Crippen molar-refractivity contribution in [3.63, 3.8) is 0 Å². The van der Waals surface area contributed by atoms with E-state index in [4.69, 9.17) is 11.6 Å². The molecule has 0 amide bonds. The topological polar surface area (TPSA) is 84.2 Å². The van der Waals surface area contributed by atoms with Crippen molar-refractivity contribution in [1.29, 1.82) is 0 Å². The Balaban J connectivity index is 1.94. The van der Waals surface area contributed by atoms with Crippen LogP contribution in [0.1, 0.15) is 12.5 Å².